The molecule has 0 radical (unpaired) electrons. The quantitative estimate of drug-likeness (QED) is 0.187. The molecule has 3 aromatic heterocycles. The third kappa shape index (κ3) is 4.69. The minimum atomic E-state index is -0.546. The van der Waals surface area contributed by atoms with Crippen LogP contribution < -0.4 is 5.32 Å². The lowest BCUT2D eigenvalue weighted by molar-refractivity contribution is -0.384. The van der Waals surface area contributed by atoms with Crippen LogP contribution in [0.1, 0.15) is 22.8 Å². The van der Waals surface area contributed by atoms with E-state index in [4.69, 9.17) is 9.72 Å². The molecule has 2 aromatic carbocycles. The van der Waals surface area contributed by atoms with E-state index in [0.29, 0.717) is 28.7 Å². The topological polar surface area (TPSA) is 138 Å². The van der Waals surface area contributed by atoms with Crippen LogP contribution in [-0.4, -0.2) is 42.5 Å². The van der Waals surface area contributed by atoms with E-state index in [2.05, 4.69) is 20.6 Å². The summed E-state index contributed by atoms with van der Waals surface area (Å²) in [5.74, 6) is 0.613. The van der Waals surface area contributed by atoms with Crippen molar-refractivity contribution in [2.75, 3.05) is 11.9 Å². The molecule has 0 spiro atoms. The Morgan fingerprint density at radius 1 is 1.08 bits per heavy atom. The van der Waals surface area contributed by atoms with Gasteiger partial charge in [0.1, 0.15) is 5.56 Å². The Labute approximate surface area is 210 Å². The summed E-state index contributed by atoms with van der Waals surface area (Å²) in [5, 5.41) is 28.0. The van der Waals surface area contributed by atoms with Crippen molar-refractivity contribution in [2.45, 2.75) is 13.8 Å². The minimum Gasteiger partial charge on any atom is -0.462 e. The molecule has 184 valence electrons. The van der Waals surface area contributed by atoms with Crippen LogP contribution in [0.25, 0.3) is 28.0 Å². The van der Waals surface area contributed by atoms with Gasteiger partial charge < -0.3 is 10.1 Å². The number of carbonyl (C=O) groups excluding carboxylic acids is 1. The first kappa shape index (κ1) is 23.5. The monoisotopic (exact) mass is 495 g/mol. The average Bonchev–Trinajstić information content (AvgIpc) is 3.33. The molecule has 1 N–H and O–H groups in total. The lowest BCUT2D eigenvalue weighted by Gasteiger charge is -2.12. The number of ether oxygens (including phenoxy) is 1. The highest BCUT2D eigenvalue weighted by atomic mass is 16.6. The fourth-order valence-corrected chi connectivity index (χ4v) is 3.89. The van der Waals surface area contributed by atoms with E-state index in [0.717, 1.165) is 16.5 Å². The molecule has 0 aliphatic rings. The van der Waals surface area contributed by atoms with Gasteiger partial charge in [0.05, 0.1) is 28.9 Å². The summed E-state index contributed by atoms with van der Waals surface area (Å²) in [5.41, 5.74) is 2.97. The molecule has 11 heteroatoms. The number of pyridine rings is 1. The number of esters is 1. The van der Waals surface area contributed by atoms with Crippen molar-refractivity contribution in [2.24, 2.45) is 0 Å². The van der Waals surface area contributed by atoms with E-state index >= 15 is 0 Å². The van der Waals surface area contributed by atoms with E-state index in [1.807, 2.05) is 37.3 Å². The van der Waals surface area contributed by atoms with Crippen LogP contribution in [0.5, 0.6) is 0 Å². The fraction of sp³-hybridized carbons (Fsp3) is 0.115. The number of aromatic nitrogens is 5. The zero-order valence-corrected chi connectivity index (χ0v) is 20.0. The van der Waals surface area contributed by atoms with Crippen molar-refractivity contribution < 1.29 is 14.5 Å². The SMILES string of the molecule is CCOC(=O)c1cnn(-c2cc(C)c3ccccc3n2)c1Nc1ccc(-c2cccc([N+](=O)[O-])c2)nn1. The molecule has 3 heterocycles. The Morgan fingerprint density at radius 2 is 1.92 bits per heavy atom. The second kappa shape index (κ2) is 9.82. The first-order valence-corrected chi connectivity index (χ1v) is 11.4. The largest absolute Gasteiger partial charge is 0.462 e. The molecule has 11 nitrogen and oxygen atoms in total. The van der Waals surface area contributed by atoms with Crippen LogP contribution in [-0.2, 0) is 4.74 Å². The summed E-state index contributed by atoms with van der Waals surface area (Å²) >= 11 is 0. The second-order valence-corrected chi connectivity index (χ2v) is 8.09. The smallest absolute Gasteiger partial charge is 0.343 e. The third-order valence-corrected chi connectivity index (χ3v) is 5.65. The number of aryl methyl sites for hydroxylation is 1. The van der Waals surface area contributed by atoms with Crippen LogP contribution >= 0.6 is 0 Å². The molecule has 0 bridgehead atoms. The van der Waals surface area contributed by atoms with Gasteiger partial charge in [0.2, 0.25) is 0 Å². The van der Waals surface area contributed by atoms with Crippen molar-refractivity contribution in [1.82, 2.24) is 25.0 Å². The molecule has 5 aromatic rings. The number of hydrogen-bond acceptors (Lipinski definition) is 9. The first-order chi connectivity index (χ1) is 17.9. The summed E-state index contributed by atoms with van der Waals surface area (Å²) < 4.78 is 6.73. The van der Waals surface area contributed by atoms with Gasteiger partial charge in [-0.25, -0.2) is 9.78 Å². The number of rotatable bonds is 7. The van der Waals surface area contributed by atoms with E-state index in [1.165, 1.54) is 23.0 Å². The summed E-state index contributed by atoms with van der Waals surface area (Å²) in [6.45, 7) is 3.91. The second-order valence-electron chi connectivity index (χ2n) is 8.09. The van der Waals surface area contributed by atoms with Gasteiger partial charge in [-0.05, 0) is 43.7 Å². The predicted octanol–water partition coefficient (Wildman–Crippen LogP) is 5.01. The Kier molecular flexibility index (Phi) is 6.25. The van der Waals surface area contributed by atoms with Gasteiger partial charge in [0, 0.05) is 23.1 Å². The maximum Gasteiger partial charge on any atom is 0.343 e. The number of nitrogens with zero attached hydrogens (tertiary/aromatic N) is 6. The number of hydrogen-bond donors (Lipinski definition) is 1. The van der Waals surface area contributed by atoms with Crippen molar-refractivity contribution in [3.63, 3.8) is 0 Å². The molecular weight excluding hydrogens is 474 g/mol. The Balaban J connectivity index is 1.53. The van der Waals surface area contributed by atoms with Gasteiger partial charge in [-0.1, -0.05) is 30.3 Å². The number of benzene rings is 2. The van der Waals surface area contributed by atoms with E-state index in [1.54, 1.807) is 31.2 Å². The molecule has 0 unspecified atom stereocenters. The highest BCUT2D eigenvalue weighted by Crippen LogP contribution is 2.27. The van der Waals surface area contributed by atoms with Gasteiger partial charge in [-0.15, -0.1) is 10.2 Å². The third-order valence-electron chi connectivity index (χ3n) is 5.65. The van der Waals surface area contributed by atoms with Gasteiger partial charge >= 0.3 is 5.97 Å². The Morgan fingerprint density at radius 3 is 2.68 bits per heavy atom. The number of non-ortho nitro benzene ring substituents is 1. The normalized spacial score (nSPS) is 10.9. The van der Waals surface area contributed by atoms with E-state index in [9.17, 15) is 14.9 Å². The average molecular weight is 495 g/mol. The number of carbonyl (C=O) groups is 1. The number of para-hydroxylation sites is 1. The van der Waals surface area contributed by atoms with Crippen LogP contribution in [0.4, 0.5) is 17.3 Å². The molecule has 0 aliphatic carbocycles. The minimum absolute atomic E-state index is 0.0392. The lowest BCUT2D eigenvalue weighted by Crippen LogP contribution is -2.11. The summed E-state index contributed by atoms with van der Waals surface area (Å²) in [6.07, 6.45) is 1.41. The molecule has 0 saturated carbocycles. The zero-order chi connectivity index (χ0) is 25.9. The number of anilines is 2. The first-order valence-electron chi connectivity index (χ1n) is 11.4. The molecule has 0 saturated heterocycles. The highest BCUT2D eigenvalue weighted by molar-refractivity contribution is 5.95. The Bertz CT molecular complexity index is 1630. The van der Waals surface area contributed by atoms with E-state index in [-0.39, 0.29) is 17.9 Å². The summed E-state index contributed by atoms with van der Waals surface area (Å²) in [4.78, 5) is 28.0. The molecule has 0 fully saturated rings. The van der Waals surface area contributed by atoms with Gasteiger partial charge in [0.15, 0.2) is 17.5 Å². The fourth-order valence-electron chi connectivity index (χ4n) is 3.89. The van der Waals surface area contributed by atoms with Gasteiger partial charge in [-0.2, -0.15) is 9.78 Å². The van der Waals surface area contributed by atoms with Crippen molar-refractivity contribution in [3.8, 4) is 17.1 Å². The number of fused-ring (bicyclic) bond motifs is 1. The van der Waals surface area contributed by atoms with Gasteiger partial charge in [-0.3, -0.25) is 10.1 Å². The lowest BCUT2D eigenvalue weighted by atomic mass is 10.1. The highest BCUT2D eigenvalue weighted by Gasteiger charge is 2.22. The van der Waals surface area contributed by atoms with Crippen LogP contribution in [0.2, 0.25) is 0 Å². The maximum absolute atomic E-state index is 12.7. The van der Waals surface area contributed by atoms with Crippen molar-refractivity contribution in [3.05, 3.63) is 94.2 Å². The zero-order valence-electron chi connectivity index (χ0n) is 20.0. The summed E-state index contributed by atoms with van der Waals surface area (Å²) in [7, 11) is 0. The van der Waals surface area contributed by atoms with Crippen molar-refractivity contribution in [1.29, 1.82) is 0 Å². The summed E-state index contributed by atoms with van der Waals surface area (Å²) in [6, 6.07) is 19.1. The predicted molar refractivity (Wildman–Crippen MR) is 137 cm³/mol. The van der Waals surface area contributed by atoms with E-state index < -0.39 is 10.9 Å². The van der Waals surface area contributed by atoms with Crippen molar-refractivity contribution >= 4 is 34.2 Å². The molecular formula is C26H21N7O4. The molecule has 37 heavy (non-hydrogen) atoms. The van der Waals surface area contributed by atoms with Crippen LogP contribution in [0.15, 0.2) is 72.9 Å². The number of nitrogens with one attached hydrogen (secondary N) is 1. The molecule has 0 amide bonds. The Hall–Kier alpha value is -5.19. The molecule has 5 rings (SSSR count). The number of nitro groups is 1. The maximum atomic E-state index is 12.7. The number of nitro benzene ring substituents is 1. The molecule has 0 aliphatic heterocycles. The van der Waals surface area contributed by atoms with Gasteiger partial charge in [0.25, 0.3) is 5.69 Å². The standard InChI is InChI=1S/C26H21N7O4/c1-3-37-26(34)20-15-27-32(24-13-16(2)19-9-4-5-10-22(19)28-24)25(20)29-23-12-11-21(30-31-23)17-7-6-8-18(14-17)33(35)36/h4-15H,3H2,1-2H3,(H,29,31). The molecule has 0 atom stereocenters. The van der Waals surface area contributed by atoms with Crippen LogP contribution in [0, 0.1) is 17.0 Å². The van der Waals surface area contributed by atoms with Crippen LogP contribution in [0.3, 0.4) is 0 Å².